The Morgan fingerprint density at radius 3 is 2.52 bits per heavy atom. The van der Waals surface area contributed by atoms with Crippen LogP contribution in [0.15, 0.2) is 36.5 Å². The monoisotopic (exact) mass is 357 g/mol. The minimum atomic E-state index is -0.329. The molecule has 3 aliphatic heterocycles. The van der Waals surface area contributed by atoms with Crippen LogP contribution in [0.2, 0.25) is 5.02 Å². The Labute approximate surface area is 149 Å². The number of carbonyl (C=O) groups is 2. The first-order valence-corrected chi connectivity index (χ1v) is 8.81. The van der Waals surface area contributed by atoms with Gasteiger partial charge in [0.15, 0.2) is 5.82 Å². The van der Waals surface area contributed by atoms with Crippen LogP contribution >= 0.6 is 11.6 Å². The maximum absolute atomic E-state index is 12.8. The molecule has 0 aliphatic carbocycles. The number of amides is 2. The van der Waals surface area contributed by atoms with Gasteiger partial charge in [-0.25, -0.2) is 4.90 Å². The fourth-order valence-electron chi connectivity index (χ4n) is 4.32. The fourth-order valence-corrected chi connectivity index (χ4v) is 4.53. The minimum Gasteiger partial charge on any atom is -0.373 e. The molecule has 1 aromatic heterocycles. The highest BCUT2D eigenvalue weighted by molar-refractivity contribution is 6.30. The zero-order valence-electron chi connectivity index (χ0n) is 13.3. The number of ether oxygens (including phenoxy) is 1. The van der Waals surface area contributed by atoms with Crippen molar-refractivity contribution in [2.75, 3.05) is 4.90 Å². The minimum absolute atomic E-state index is 0.106. The Morgan fingerprint density at radius 2 is 1.84 bits per heavy atom. The number of anilines is 1. The molecule has 3 saturated heterocycles. The van der Waals surface area contributed by atoms with Gasteiger partial charge in [-0.1, -0.05) is 23.7 Å². The molecular weight excluding hydrogens is 342 g/mol. The third-order valence-corrected chi connectivity index (χ3v) is 5.61. The number of aromatic nitrogens is 2. The van der Waals surface area contributed by atoms with Crippen molar-refractivity contribution in [1.82, 2.24) is 9.78 Å². The summed E-state index contributed by atoms with van der Waals surface area (Å²) in [5.41, 5.74) is 1.00. The van der Waals surface area contributed by atoms with E-state index in [9.17, 15) is 9.59 Å². The molecule has 0 radical (unpaired) electrons. The molecule has 25 heavy (non-hydrogen) atoms. The average molecular weight is 358 g/mol. The van der Waals surface area contributed by atoms with Gasteiger partial charge < -0.3 is 4.74 Å². The van der Waals surface area contributed by atoms with E-state index in [4.69, 9.17) is 16.3 Å². The summed E-state index contributed by atoms with van der Waals surface area (Å²) >= 11 is 6.01. The molecule has 2 amide bonds. The Kier molecular flexibility index (Phi) is 3.27. The summed E-state index contributed by atoms with van der Waals surface area (Å²) in [6.07, 6.45) is 3.29. The highest BCUT2D eigenvalue weighted by Gasteiger charge is 2.63. The van der Waals surface area contributed by atoms with Crippen molar-refractivity contribution < 1.29 is 14.3 Å². The van der Waals surface area contributed by atoms with Gasteiger partial charge in [0.1, 0.15) is 0 Å². The second kappa shape index (κ2) is 5.41. The molecular formula is C18H16ClN3O3. The molecule has 2 bridgehead atoms. The lowest BCUT2D eigenvalue weighted by molar-refractivity contribution is -0.124. The largest absolute Gasteiger partial charge is 0.373 e. The number of hydrogen-bond donors (Lipinski definition) is 0. The first kappa shape index (κ1) is 15.1. The summed E-state index contributed by atoms with van der Waals surface area (Å²) in [5, 5.41) is 5.10. The van der Waals surface area contributed by atoms with Crippen LogP contribution in [0.25, 0.3) is 0 Å². The Morgan fingerprint density at radius 1 is 1.12 bits per heavy atom. The predicted octanol–water partition coefficient (Wildman–Crippen LogP) is 2.25. The zero-order chi connectivity index (χ0) is 17.1. The van der Waals surface area contributed by atoms with E-state index in [2.05, 4.69) is 5.10 Å². The molecule has 3 fully saturated rings. The zero-order valence-corrected chi connectivity index (χ0v) is 14.1. The van der Waals surface area contributed by atoms with Gasteiger partial charge in [-0.2, -0.15) is 5.10 Å². The quantitative estimate of drug-likeness (QED) is 0.790. The van der Waals surface area contributed by atoms with Crippen molar-refractivity contribution in [3.8, 4) is 0 Å². The highest BCUT2D eigenvalue weighted by atomic mass is 35.5. The maximum Gasteiger partial charge on any atom is 0.241 e. The summed E-state index contributed by atoms with van der Waals surface area (Å²) in [6.45, 7) is 0.526. The number of rotatable bonds is 3. The van der Waals surface area contributed by atoms with Crippen LogP contribution in [-0.2, 0) is 20.9 Å². The summed E-state index contributed by atoms with van der Waals surface area (Å²) in [6, 6.07) is 9.24. The van der Waals surface area contributed by atoms with E-state index in [1.807, 2.05) is 24.3 Å². The van der Waals surface area contributed by atoms with E-state index in [1.165, 1.54) is 4.90 Å². The second-order valence-electron chi connectivity index (χ2n) is 6.86. The van der Waals surface area contributed by atoms with Crippen molar-refractivity contribution in [2.24, 2.45) is 11.8 Å². The molecule has 1 aromatic carbocycles. The highest BCUT2D eigenvalue weighted by Crippen LogP contribution is 2.49. The Balaban J connectivity index is 1.40. The van der Waals surface area contributed by atoms with Crippen molar-refractivity contribution in [3.63, 3.8) is 0 Å². The van der Waals surface area contributed by atoms with Crippen molar-refractivity contribution in [3.05, 3.63) is 47.1 Å². The molecule has 3 aliphatic rings. The summed E-state index contributed by atoms with van der Waals surface area (Å²) in [5.74, 6) is -0.607. The van der Waals surface area contributed by atoms with E-state index >= 15 is 0 Å². The lowest BCUT2D eigenvalue weighted by atomic mass is 9.81. The number of fused-ring (bicyclic) bond motifs is 5. The van der Waals surface area contributed by atoms with Crippen LogP contribution in [0.4, 0.5) is 5.82 Å². The Hall–Kier alpha value is -2.18. The molecule has 4 heterocycles. The molecule has 4 atom stereocenters. The average Bonchev–Trinajstić information content (AvgIpc) is 3.33. The fraction of sp³-hybridized carbons (Fsp3) is 0.389. The van der Waals surface area contributed by atoms with E-state index in [1.54, 1.807) is 16.9 Å². The van der Waals surface area contributed by atoms with Crippen molar-refractivity contribution >= 4 is 29.2 Å². The number of nitrogens with zero attached hydrogens (tertiary/aromatic N) is 3. The van der Waals surface area contributed by atoms with Crippen LogP contribution in [0.1, 0.15) is 18.4 Å². The summed E-state index contributed by atoms with van der Waals surface area (Å²) < 4.78 is 7.46. The number of imide groups is 1. The SMILES string of the molecule is O=C1[C@H]2[C@H](C(=O)N1c1ccn(Cc3cccc(Cl)c3)n1)[C@H]1CC[C@H]2O1. The normalized spacial score (nSPS) is 30.4. The molecule has 0 spiro atoms. The smallest absolute Gasteiger partial charge is 0.241 e. The predicted molar refractivity (Wildman–Crippen MR) is 90.1 cm³/mol. The van der Waals surface area contributed by atoms with Gasteiger partial charge in [0.05, 0.1) is 30.6 Å². The van der Waals surface area contributed by atoms with E-state index in [0.29, 0.717) is 17.4 Å². The summed E-state index contributed by atoms with van der Waals surface area (Å²) in [7, 11) is 0. The first-order chi connectivity index (χ1) is 12.1. The van der Waals surface area contributed by atoms with Gasteiger partial charge in [-0.15, -0.1) is 0 Å². The van der Waals surface area contributed by atoms with Crippen LogP contribution < -0.4 is 4.90 Å². The second-order valence-corrected chi connectivity index (χ2v) is 7.29. The van der Waals surface area contributed by atoms with Crippen molar-refractivity contribution in [1.29, 1.82) is 0 Å². The lowest BCUT2D eigenvalue weighted by Crippen LogP contribution is -2.34. The van der Waals surface area contributed by atoms with Crippen LogP contribution in [0, 0.1) is 11.8 Å². The Bertz CT molecular complexity index is 852. The van der Waals surface area contributed by atoms with Crippen LogP contribution in [-0.4, -0.2) is 33.8 Å². The number of halogens is 1. The molecule has 0 N–H and O–H groups in total. The lowest BCUT2D eigenvalue weighted by Gasteiger charge is -2.15. The van der Waals surface area contributed by atoms with Crippen LogP contribution in [0.5, 0.6) is 0 Å². The summed E-state index contributed by atoms with van der Waals surface area (Å²) in [4.78, 5) is 26.8. The maximum atomic E-state index is 12.8. The third kappa shape index (κ3) is 2.24. The standard InChI is InChI=1S/C18H16ClN3O3/c19-11-3-1-2-10(8-11)9-21-7-6-14(20-21)22-17(23)15-12-4-5-13(25-12)16(15)18(22)24/h1-3,6-8,12-13,15-16H,4-5,9H2/t12-,13-,15-,16-/m1/s1. The van der Waals surface area contributed by atoms with Crippen LogP contribution in [0.3, 0.4) is 0 Å². The first-order valence-electron chi connectivity index (χ1n) is 8.43. The molecule has 2 aromatic rings. The number of hydrogen-bond acceptors (Lipinski definition) is 4. The van der Waals surface area contributed by atoms with Gasteiger partial charge in [0, 0.05) is 17.3 Å². The van der Waals surface area contributed by atoms with Gasteiger partial charge in [-0.05, 0) is 30.5 Å². The van der Waals surface area contributed by atoms with E-state index in [0.717, 1.165) is 18.4 Å². The van der Waals surface area contributed by atoms with Gasteiger partial charge in [0.2, 0.25) is 11.8 Å². The van der Waals surface area contributed by atoms with Gasteiger partial charge >= 0.3 is 0 Å². The molecule has 7 heteroatoms. The van der Waals surface area contributed by atoms with E-state index in [-0.39, 0.29) is 35.9 Å². The topological polar surface area (TPSA) is 64.4 Å². The molecule has 5 rings (SSSR count). The van der Waals surface area contributed by atoms with Crippen molar-refractivity contribution in [2.45, 2.75) is 31.6 Å². The molecule has 0 saturated carbocycles. The molecule has 0 unspecified atom stereocenters. The number of benzene rings is 1. The molecule has 128 valence electrons. The van der Waals surface area contributed by atoms with Gasteiger partial charge in [0.25, 0.3) is 0 Å². The number of carbonyl (C=O) groups excluding carboxylic acids is 2. The van der Waals surface area contributed by atoms with E-state index < -0.39 is 0 Å². The third-order valence-electron chi connectivity index (χ3n) is 5.37. The molecule has 6 nitrogen and oxygen atoms in total. The van der Waals surface area contributed by atoms with Gasteiger partial charge in [-0.3, -0.25) is 14.3 Å².